The standard InChI is InChI=1S/C12H18N2O3/c13-10-4-1-2-5-11(10)17-9-3-6-12(16)14-7-8-15/h1-2,4-5,15H,3,6-9,13H2,(H,14,16). The Morgan fingerprint density at radius 2 is 2.18 bits per heavy atom. The van der Waals surface area contributed by atoms with Crippen molar-refractivity contribution in [1.29, 1.82) is 0 Å². The zero-order chi connectivity index (χ0) is 12.5. The Balaban J connectivity index is 2.16. The number of nitrogen functional groups attached to an aromatic ring is 1. The van der Waals surface area contributed by atoms with Crippen LogP contribution in [0.3, 0.4) is 0 Å². The predicted octanol–water partition coefficient (Wildman–Crippen LogP) is 0.536. The first-order chi connectivity index (χ1) is 8.24. The van der Waals surface area contributed by atoms with E-state index in [1.165, 1.54) is 0 Å². The molecule has 4 N–H and O–H groups in total. The minimum Gasteiger partial charge on any atom is -0.491 e. The number of aliphatic hydroxyl groups is 1. The normalized spacial score (nSPS) is 9.94. The van der Waals surface area contributed by atoms with Crippen molar-refractivity contribution >= 4 is 11.6 Å². The van der Waals surface area contributed by atoms with Crippen molar-refractivity contribution in [3.8, 4) is 5.75 Å². The number of ether oxygens (including phenoxy) is 1. The first-order valence-electron chi connectivity index (χ1n) is 5.59. The monoisotopic (exact) mass is 238 g/mol. The molecule has 0 saturated heterocycles. The summed E-state index contributed by atoms with van der Waals surface area (Å²) in [6, 6.07) is 7.24. The Morgan fingerprint density at radius 1 is 1.41 bits per heavy atom. The molecule has 0 aliphatic carbocycles. The Labute approximate surface area is 101 Å². The van der Waals surface area contributed by atoms with Gasteiger partial charge in [-0.2, -0.15) is 0 Å². The highest BCUT2D eigenvalue weighted by molar-refractivity contribution is 5.75. The fourth-order valence-electron chi connectivity index (χ4n) is 1.31. The van der Waals surface area contributed by atoms with Crippen molar-refractivity contribution < 1.29 is 14.6 Å². The summed E-state index contributed by atoms with van der Waals surface area (Å²) in [7, 11) is 0. The van der Waals surface area contributed by atoms with Gasteiger partial charge in [0.2, 0.25) is 5.91 Å². The number of hydrogen-bond donors (Lipinski definition) is 3. The average molecular weight is 238 g/mol. The van der Waals surface area contributed by atoms with Crippen LogP contribution in [0.25, 0.3) is 0 Å². The number of nitrogens with one attached hydrogen (secondary N) is 1. The lowest BCUT2D eigenvalue weighted by Crippen LogP contribution is -2.26. The molecule has 0 aliphatic heterocycles. The molecule has 17 heavy (non-hydrogen) atoms. The minimum atomic E-state index is -0.0799. The second-order valence-electron chi connectivity index (χ2n) is 3.56. The largest absolute Gasteiger partial charge is 0.491 e. The summed E-state index contributed by atoms with van der Waals surface area (Å²) in [5, 5.41) is 11.1. The van der Waals surface area contributed by atoms with Gasteiger partial charge in [-0.1, -0.05) is 12.1 Å². The molecule has 1 amide bonds. The minimum absolute atomic E-state index is 0.0389. The van der Waals surface area contributed by atoms with Crippen molar-refractivity contribution in [3.05, 3.63) is 24.3 Å². The second-order valence-corrected chi connectivity index (χ2v) is 3.56. The van der Waals surface area contributed by atoms with Crippen molar-refractivity contribution in [1.82, 2.24) is 5.32 Å². The number of amides is 1. The van der Waals surface area contributed by atoms with Crippen molar-refractivity contribution in [2.24, 2.45) is 0 Å². The SMILES string of the molecule is Nc1ccccc1OCCCC(=O)NCCO. The van der Waals surface area contributed by atoms with E-state index in [1.807, 2.05) is 12.1 Å². The van der Waals surface area contributed by atoms with Crippen LogP contribution in [0.4, 0.5) is 5.69 Å². The quantitative estimate of drug-likeness (QED) is 0.478. The van der Waals surface area contributed by atoms with E-state index in [0.717, 1.165) is 0 Å². The third kappa shape index (κ3) is 5.21. The van der Waals surface area contributed by atoms with Crippen LogP contribution in [-0.4, -0.2) is 30.8 Å². The van der Waals surface area contributed by atoms with Crippen LogP contribution in [0.1, 0.15) is 12.8 Å². The Bertz CT molecular complexity index is 355. The number of hydrogen-bond acceptors (Lipinski definition) is 4. The molecule has 0 heterocycles. The highest BCUT2D eigenvalue weighted by Crippen LogP contribution is 2.19. The molecule has 0 fully saturated rings. The molecule has 0 aromatic heterocycles. The molecule has 1 rings (SSSR count). The second kappa shape index (κ2) is 7.51. The van der Waals surface area contributed by atoms with Crippen molar-refractivity contribution in [2.75, 3.05) is 25.5 Å². The molecule has 0 saturated carbocycles. The van der Waals surface area contributed by atoms with E-state index in [4.69, 9.17) is 15.6 Å². The molecule has 0 bridgehead atoms. The number of carbonyl (C=O) groups excluding carboxylic acids is 1. The van der Waals surface area contributed by atoms with Crippen LogP contribution >= 0.6 is 0 Å². The van der Waals surface area contributed by atoms with Crippen molar-refractivity contribution in [2.45, 2.75) is 12.8 Å². The van der Waals surface area contributed by atoms with Gasteiger partial charge in [-0.25, -0.2) is 0 Å². The van der Waals surface area contributed by atoms with Gasteiger partial charge < -0.3 is 20.9 Å². The summed E-state index contributed by atoms with van der Waals surface area (Å²) in [5.41, 5.74) is 6.29. The van der Waals surface area contributed by atoms with E-state index in [1.54, 1.807) is 12.1 Å². The molecule has 0 spiro atoms. The van der Waals surface area contributed by atoms with E-state index in [9.17, 15) is 4.79 Å². The molecule has 0 unspecified atom stereocenters. The van der Waals surface area contributed by atoms with Gasteiger partial charge >= 0.3 is 0 Å². The van der Waals surface area contributed by atoms with E-state index in [0.29, 0.717) is 37.4 Å². The molecular formula is C12H18N2O3. The molecule has 94 valence electrons. The number of benzene rings is 1. The molecule has 1 aromatic carbocycles. The van der Waals surface area contributed by atoms with Crippen molar-refractivity contribution in [3.63, 3.8) is 0 Å². The highest BCUT2D eigenvalue weighted by atomic mass is 16.5. The van der Waals surface area contributed by atoms with Crippen LogP contribution in [-0.2, 0) is 4.79 Å². The maximum atomic E-state index is 11.2. The van der Waals surface area contributed by atoms with Gasteiger partial charge in [0, 0.05) is 13.0 Å². The lowest BCUT2D eigenvalue weighted by Gasteiger charge is -2.08. The van der Waals surface area contributed by atoms with Crippen LogP contribution < -0.4 is 15.8 Å². The van der Waals surface area contributed by atoms with Gasteiger partial charge in [-0.15, -0.1) is 0 Å². The first kappa shape index (κ1) is 13.3. The maximum absolute atomic E-state index is 11.2. The summed E-state index contributed by atoms with van der Waals surface area (Å²) in [6.45, 7) is 0.703. The third-order valence-corrected chi connectivity index (χ3v) is 2.16. The van der Waals surface area contributed by atoms with E-state index >= 15 is 0 Å². The van der Waals surface area contributed by atoms with Gasteiger partial charge in [-0.3, -0.25) is 4.79 Å². The van der Waals surface area contributed by atoms with Gasteiger partial charge in [0.25, 0.3) is 0 Å². The molecule has 5 heteroatoms. The third-order valence-electron chi connectivity index (χ3n) is 2.16. The highest BCUT2D eigenvalue weighted by Gasteiger charge is 2.01. The molecular weight excluding hydrogens is 220 g/mol. The van der Waals surface area contributed by atoms with E-state index in [-0.39, 0.29) is 12.5 Å². The van der Waals surface area contributed by atoms with Crippen LogP contribution in [0.5, 0.6) is 5.75 Å². The molecule has 0 aliphatic rings. The molecule has 1 aromatic rings. The van der Waals surface area contributed by atoms with Gasteiger partial charge in [0.1, 0.15) is 5.75 Å². The number of anilines is 1. The number of nitrogens with two attached hydrogens (primary N) is 1. The summed E-state index contributed by atoms with van der Waals surface area (Å²) < 4.78 is 5.44. The van der Waals surface area contributed by atoms with E-state index < -0.39 is 0 Å². The fourth-order valence-corrected chi connectivity index (χ4v) is 1.31. The average Bonchev–Trinajstić information content (AvgIpc) is 2.34. The fraction of sp³-hybridized carbons (Fsp3) is 0.417. The number of para-hydroxylation sites is 2. The lowest BCUT2D eigenvalue weighted by molar-refractivity contribution is -0.121. The Kier molecular flexibility index (Phi) is 5.88. The topological polar surface area (TPSA) is 84.6 Å². The number of carbonyl (C=O) groups is 1. The summed E-state index contributed by atoms with van der Waals surface area (Å²) in [4.78, 5) is 11.2. The smallest absolute Gasteiger partial charge is 0.220 e. The molecule has 0 atom stereocenters. The van der Waals surface area contributed by atoms with Crippen LogP contribution in [0, 0.1) is 0 Å². The summed E-state index contributed by atoms with van der Waals surface area (Å²) in [6.07, 6.45) is 0.998. The predicted molar refractivity (Wildman–Crippen MR) is 65.7 cm³/mol. The van der Waals surface area contributed by atoms with Crippen LogP contribution in [0.15, 0.2) is 24.3 Å². The zero-order valence-corrected chi connectivity index (χ0v) is 9.69. The zero-order valence-electron chi connectivity index (χ0n) is 9.69. The number of rotatable bonds is 7. The van der Waals surface area contributed by atoms with Gasteiger partial charge in [-0.05, 0) is 18.6 Å². The molecule has 5 nitrogen and oxygen atoms in total. The van der Waals surface area contributed by atoms with Gasteiger partial charge in [0.05, 0.1) is 18.9 Å². The number of aliphatic hydroxyl groups excluding tert-OH is 1. The lowest BCUT2D eigenvalue weighted by atomic mass is 10.3. The summed E-state index contributed by atoms with van der Waals surface area (Å²) in [5.74, 6) is 0.562. The molecule has 0 radical (unpaired) electrons. The summed E-state index contributed by atoms with van der Waals surface area (Å²) >= 11 is 0. The van der Waals surface area contributed by atoms with Crippen LogP contribution in [0.2, 0.25) is 0 Å². The van der Waals surface area contributed by atoms with Gasteiger partial charge in [0.15, 0.2) is 0 Å². The Morgan fingerprint density at radius 3 is 2.88 bits per heavy atom. The van der Waals surface area contributed by atoms with E-state index in [2.05, 4.69) is 5.32 Å². The first-order valence-corrected chi connectivity index (χ1v) is 5.59. The maximum Gasteiger partial charge on any atom is 0.220 e. The Hall–Kier alpha value is -1.75.